The minimum absolute atomic E-state index is 0.325. The van der Waals surface area contributed by atoms with Gasteiger partial charge in [0.05, 0.1) is 7.11 Å². The van der Waals surface area contributed by atoms with E-state index in [9.17, 15) is 9.59 Å². The average molecular weight is 201 g/mol. The Balaban J connectivity index is 2.84. The van der Waals surface area contributed by atoms with Crippen LogP contribution >= 0.6 is 0 Å². The van der Waals surface area contributed by atoms with Crippen LogP contribution in [0.2, 0.25) is 0 Å². The Labute approximate surface area is 82.6 Å². The summed E-state index contributed by atoms with van der Waals surface area (Å²) in [6.45, 7) is 1.23. The Kier molecular flexibility index (Phi) is 3.10. The van der Waals surface area contributed by atoms with Crippen molar-refractivity contribution in [2.75, 3.05) is 27.2 Å². The highest BCUT2D eigenvalue weighted by atomic mass is 16.5. The molecule has 0 amide bonds. The molecule has 0 saturated carbocycles. The molecule has 1 saturated heterocycles. The largest absolute Gasteiger partial charge is 0.480 e. The van der Waals surface area contributed by atoms with Crippen molar-refractivity contribution in [3.63, 3.8) is 0 Å². The number of likely N-dealkylation sites (tertiary alicyclic amines) is 1. The van der Waals surface area contributed by atoms with Crippen LogP contribution in [0.5, 0.6) is 0 Å². The Morgan fingerprint density at radius 3 is 2.21 bits per heavy atom. The van der Waals surface area contributed by atoms with E-state index in [1.807, 2.05) is 11.9 Å². The van der Waals surface area contributed by atoms with Crippen LogP contribution in [0.1, 0.15) is 12.8 Å². The Bertz CT molecular complexity index is 243. The van der Waals surface area contributed by atoms with E-state index in [0.29, 0.717) is 25.9 Å². The monoisotopic (exact) mass is 201 g/mol. The third-order valence-corrected chi connectivity index (χ3v) is 2.83. The van der Waals surface area contributed by atoms with E-state index in [1.54, 1.807) is 0 Å². The second-order valence-corrected chi connectivity index (χ2v) is 3.68. The van der Waals surface area contributed by atoms with Gasteiger partial charge in [0.25, 0.3) is 0 Å². The molecular formula is C9H15NO4. The van der Waals surface area contributed by atoms with E-state index >= 15 is 0 Å². The van der Waals surface area contributed by atoms with E-state index < -0.39 is 17.4 Å². The van der Waals surface area contributed by atoms with E-state index in [4.69, 9.17) is 5.11 Å². The molecule has 1 aliphatic heterocycles. The molecule has 0 spiro atoms. The summed E-state index contributed by atoms with van der Waals surface area (Å²) < 4.78 is 4.55. The van der Waals surface area contributed by atoms with Gasteiger partial charge in [0.15, 0.2) is 5.41 Å². The SMILES string of the molecule is COC(=O)C1(C(=O)O)CCN(C)CC1. The molecule has 1 fully saturated rings. The first-order valence-electron chi connectivity index (χ1n) is 4.53. The second kappa shape index (κ2) is 3.96. The summed E-state index contributed by atoms with van der Waals surface area (Å²) in [6, 6.07) is 0. The van der Waals surface area contributed by atoms with Crippen LogP contribution in [0.15, 0.2) is 0 Å². The van der Waals surface area contributed by atoms with Gasteiger partial charge in [0, 0.05) is 0 Å². The molecule has 0 bridgehead atoms. The third kappa shape index (κ3) is 1.72. The molecule has 0 aromatic carbocycles. The fourth-order valence-electron chi connectivity index (χ4n) is 1.70. The molecule has 0 aromatic rings. The molecule has 1 aliphatic rings. The molecule has 5 heteroatoms. The molecule has 0 aliphatic carbocycles. The van der Waals surface area contributed by atoms with Gasteiger partial charge in [-0.15, -0.1) is 0 Å². The van der Waals surface area contributed by atoms with Crippen LogP contribution in [-0.2, 0) is 14.3 Å². The minimum atomic E-state index is -1.32. The standard InChI is InChI=1S/C9H15NO4/c1-10-5-3-9(4-6-10,7(11)12)8(13)14-2/h3-6H2,1-2H3,(H,11,12). The highest BCUT2D eigenvalue weighted by molar-refractivity contribution is 5.99. The van der Waals surface area contributed by atoms with E-state index in [-0.39, 0.29) is 0 Å². The van der Waals surface area contributed by atoms with Gasteiger partial charge < -0.3 is 14.7 Å². The maximum absolute atomic E-state index is 11.4. The number of carbonyl (C=O) groups is 2. The van der Waals surface area contributed by atoms with Gasteiger partial charge in [0.2, 0.25) is 0 Å². The van der Waals surface area contributed by atoms with Crippen molar-refractivity contribution in [2.24, 2.45) is 5.41 Å². The zero-order valence-corrected chi connectivity index (χ0v) is 8.45. The Morgan fingerprint density at radius 1 is 1.36 bits per heavy atom. The topological polar surface area (TPSA) is 66.8 Å². The van der Waals surface area contributed by atoms with Crippen molar-refractivity contribution in [3.05, 3.63) is 0 Å². The number of carboxylic acids is 1. The van der Waals surface area contributed by atoms with Crippen molar-refractivity contribution in [2.45, 2.75) is 12.8 Å². The summed E-state index contributed by atoms with van der Waals surface area (Å²) in [5, 5.41) is 9.06. The summed E-state index contributed by atoms with van der Waals surface area (Å²) in [6.07, 6.45) is 0.650. The molecule has 80 valence electrons. The van der Waals surface area contributed by atoms with Crippen molar-refractivity contribution < 1.29 is 19.4 Å². The predicted molar refractivity (Wildman–Crippen MR) is 48.8 cm³/mol. The van der Waals surface area contributed by atoms with Crippen molar-refractivity contribution >= 4 is 11.9 Å². The number of methoxy groups -OCH3 is 1. The molecule has 1 heterocycles. The van der Waals surface area contributed by atoms with E-state index in [1.165, 1.54) is 7.11 Å². The number of piperidine rings is 1. The number of carbonyl (C=O) groups excluding carboxylic acids is 1. The van der Waals surface area contributed by atoms with Gasteiger partial charge in [0.1, 0.15) is 0 Å². The lowest BCUT2D eigenvalue weighted by Crippen LogP contribution is -2.48. The fourth-order valence-corrected chi connectivity index (χ4v) is 1.70. The van der Waals surface area contributed by atoms with Gasteiger partial charge in [-0.25, -0.2) is 0 Å². The van der Waals surface area contributed by atoms with Crippen molar-refractivity contribution in [1.82, 2.24) is 4.90 Å². The third-order valence-electron chi connectivity index (χ3n) is 2.83. The zero-order chi connectivity index (χ0) is 10.8. The average Bonchev–Trinajstić information content (AvgIpc) is 2.18. The quantitative estimate of drug-likeness (QED) is 0.501. The number of ether oxygens (including phenoxy) is 1. The van der Waals surface area contributed by atoms with Crippen molar-refractivity contribution in [1.29, 1.82) is 0 Å². The Hall–Kier alpha value is -1.10. The predicted octanol–water partition coefficient (Wildman–Crippen LogP) is -0.0440. The van der Waals surface area contributed by atoms with Gasteiger partial charge in [-0.05, 0) is 33.0 Å². The fraction of sp³-hybridized carbons (Fsp3) is 0.778. The molecule has 14 heavy (non-hydrogen) atoms. The lowest BCUT2D eigenvalue weighted by molar-refractivity contribution is -0.170. The van der Waals surface area contributed by atoms with Gasteiger partial charge in [-0.3, -0.25) is 9.59 Å². The molecular weight excluding hydrogens is 186 g/mol. The highest BCUT2D eigenvalue weighted by Crippen LogP contribution is 2.32. The van der Waals surface area contributed by atoms with Crippen LogP contribution in [0.25, 0.3) is 0 Å². The molecule has 1 rings (SSSR count). The molecule has 1 N–H and O–H groups in total. The van der Waals surface area contributed by atoms with Crippen LogP contribution in [-0.4, -0.2) is 49.2 Å². The first kappa shape index (κ1) is 11.0. The van der Waals surface area contributed by atoms with Crippen molar-refractivity contribution in [3.8, 4) is 0 Å². The lowest BCUT2D eigenvalue weighted by atomic mass is 9.78. The molecule has 5 nitrogen and oxygen atoms in total. The number of esters is 1. The maximum Gasteiger partial charge on any atom is 0.323 e. The number of rotatable bonds is 2. The minimum Gasteiger partial charge on any atom is -0.480 e. The number of nitrogens with zero attached hydrogens (tertiary/aromatic N) is 1. The normalized spacial score (nSPS) is 21.6. The van der Waals surface area contributed by atoms with Gasteiger partial charge in [-0.1, -0.05) is 0 Å². The van der Waals surface area contributed by atoms with Gasteiger partial charge in [-0.2, -0.15) is 0 Å². The van der Waals surface area contributed by atoms with Crippen LogP contribution in [0.4, 0.5) is 0 Å². The maximum atomic E-state index is 11.4. The first-order chi connectivity index (χ1) is 6.53. The molecule has 0 aromatic heterocycles. The number of aliphatic carboxylic acids is 1. The van der Waals surface area contributed by atoms with Crippen LogP contribution < -0.4 is 0 Å². The highest BCUT2D eigenvalue weighted by Gasteiger charge is 2.48. The molecule has 0 radical (unpaired) electrons. The zero-order valence-electron chi connectivity index (χ0n) is 8.45. The number of hydrogen-bond acceptors (Lipinski definition) is 4. The summed E-state index contributed by atoms with van der Waals surface area (Å²) >= 11 is 0. The summed E-state index contributed by atoms with van der Waals surface area (Å²) in [5.74, 6) is -1.70. The number of carboxylic acid groups (broad SMARTS) is 1. The van der Waals surface area contributed by atoms with Crippen LogP contribution in [0.3, 0.4) is 0 Å². The second-order valence-electron chi connectivity index (χ2n) is 3.68. The summed E-state index contributed by atoms with van der Waals surface area (Å²) in [4.78, 5) is 24.5. The Morgan fingerprint density at radius 2 is 1.86 bits per heavy atom. The summed E-state index contributed by atoms with van der Waals surface area (Å²) in [7, 11) is 3.13. The number of hydrogen-bond donors (Lipinski definition) is 1. The van der Waals surface area contributed by atoms with E-state index in [0.717, 1.165) is 0 Å². The van der Waals surface area contributed by atoms with Gasteiger partial charge >= 0.3 is 11.9 Å². The molecule has 0 atom stereocenters. The van der Waals surface area contributed by atoms with E-state index in [2.05, 4.69) is 4.74 Å². The summed E-state index contributed by atoms with van der Waals surface area (Å²) in [5.41, 5.74) is -1.32. The smallest absolute Gasteiger partial charge is 0.323 e. The van der Waals surface area contributed by atoms with Crippen LogP contribution in [0, 0.1) is 5.41 Å². The first-order valence-corrected chi connectivity index (χ1v) is 4.53. The lowest BCUT2D eigenvalue weighted by Gasteiger charge is -2.34. The molecule has 0 unspecified atom stereocenters.